The van der Waals surface area contributed by atoms with Crippen molar-refractivity contribution in [3.63, 3.8) is 0 Å². The first-order chi connectivity index (χ1) is 11.5. The van der Waals surface area contributed by atoms with E-state index in [0.717, 1.165) is 11.3 Å². The van der Waals surface area contributed by atoms with Gasteiger partial charge in [0.1, 0.15) is 0 Å². The molecule has 0 aliphatic rings. The van der Waals surface area contributed by atoms with Crippen LogP contribution in [-0.4, -0.2) is 24.9 Å². The number of hydrogen-bond acceptors (Lipinski definition) is 3. The van der Waals surface area contributed by atoms with E-state index in [1.165, 1.54) is 5.56 Å². The van der Waals surface area contributed by atoms with Crippen LogP contribution >= 0.6 is 0 Å². The summed E-state index contributed by atoms with van der Waals surface area (Å²) in [5, 5.41) is 8.68. The van der Waals surface area contributed by atoms with Gasteiger partial charge >= 0.3 is 0 Å². The Hall–Kier alpha value is -2.82. The van der Waals surface area contributed by atoms with Crippen molar-refractivity contribution in [3.05, 3.63) is 59.2 Å². The lowest BCUT2D eigenvalue weighted by molar-refractivity contribution is -0.114. The van der Waals surface area contributed by atoms with Crippen LogP contribution in [0.25, 0.3) is 0 Å². The molecule has 5 heteroatoms. The van der Waals surface area contributed by atoms with E-state index in [2.05, 4.69) is 16.0 Å². The van der Waals surface area contributed by atoms with Gasteiger partial charge in [-0.25, -0.2) is 0 Å². The van der Waals surface area contributed by atoms with E-state index in [4.69, 9.17) is 0 Å². The van der Waals surface area contributed by atoms with Crippen molar-refractivity contribution in [2.24, 2.45) is 0 Å². The van der Waals surface area contributed by atoms with Crippen molar-refractivity contribution in [2.45, 2.75) is 20.8 Å². The molecule has 0 spiro atoms. The average molecular weight is 325 g/mol. The Labute approximate surface area is 142 Å². The molecule has 2 aromatic carbocycles. The number of carbonyl (C=O) groups excluding carboxylic acids is 2. The minimum Gasteiger partial charge on any atom is -0.376 e. The average Bonchev–Trinajstić information content (AvgIpc) is 2.56. The van der Waals surface area contributed by atoms with Crippen molar-refractivity contribution < 1.29 is 9.59 Å². The van der Waals surface area contributed by atoms with Crippen LogP contribution in [0.1, 0.15) is 28.4 Å². The van der Waals surface area contributed by atoms with Gasteiger partial charge < -0.3 is 16.0 Å². The van der Waals surface area contributed by atoms with Crippen molar-refractivity contribution >= 4 is 23.2 Å². The first kappa shape index (κ1) is 17.5. The summed E-state index contributed by atoms with van der Waals surface area (Å²) in [4.78, 5) is 23.9. The zero-order chi connectivity index (χ0) is 17.5. The fourth-order valence-electron chi connectivity index (χ4n) is 2.32. The number of amides is 2. The maximum absolute atomic E-state index is 12.1. The standard InChI is InChI=1S/C19H23N3O2/c1-4-20-19(24)15-8-6-9-16(11-15)22-18(23)12-21-17-10-5-7-13(2)14(17)3/h5-11,21H,4,12H2,1-3H3,(H,20,24)(H,22,23). The zero-order valence-electron chi connectivity index (χ0n) is 14.3. The van der Waals surface area contributed by atoms with Crippen molar-refractivity contribution in [1.82, 2.24) is 5.32 Å². The Morgan fingerprint density at radius 1 is 1.04 bits per heavy atom. The molecule has 2 rings (SSSR count). The van der Waals surface area contributed by atoms with Crippen LogP contribution in [0.15, 0.2) is 42.5 Å². The molecule has 0 aromatic heterocycles. The second-order valence-corrected chi connectivity index (χ2v) is 5.59. The highest BCUT2D eigenvalue weighted by Crippen LogP contribution is 2.17. The molecule has 0 radical (unpaired) electrons. The highest BCUT2D eigenvalue weighted by atomic mass is 16.2. The summed E-state index contributed by atoms with van der Waals surface area (Å²) < 4.78 is 0. The molecule has 0 heterocycles. The number of nitrogens with one attached hydrogen (secondary N) is 3. The lowest BCUT2D eigenvalue weighted by Crippen LogP contribution is -2.24. The fourth-order valence-corrected chi connectivity index (χ4v) is 2.32. The second-order valence-electron chi connectivity index (χ2n) is 5.59. The molecule has 0 fully saturated rings. The van der Waals surface area contributed by atoms with Gasteiger partial charge in [0.05, 0.1) is 6.54 Å². The van der Waals surface area contributed by atoms with Gasteiger partial charge in [0, 0.05) is 23.5 Å². The van der Waals surface area contributed by atoms with Crippen LogP contribution in [0.2, 0.25) is 0 Å². The summed E-state index contributed by atoms with van der Waals surface area (Å²) >= 11 is 0. The second kappa shape index (κ2) is 8.15. The zero-order valence-corrected chi connectivity index (χ0v) is 14.3. The molecule has 24 heavy (non-hydrogen) atoms. The lowest BCUT2D eigenvalue weighted by Gasteiger charge is -2.12. The van der Waals surface area contributed by atoms with Gasteiger partial charge in [-0.15, -0.1) is 0 Å². The van der Waals surface area contributed by atoms with Crippen molar-refractivity contribution in [2.75, 3.05) is 23.7 Å². The summed E-state index contributed by atoms with van der Waals surface area (Å²) in [5.41, 5.74) is 4.38. The predicted molar refractivity (Wildman–Crippen MR) is 97.5 cm³/mol. The first-order valence-electron chi connectivity index (χ1n) is 7.99. The number of anilines is 2. The van der Waals surface area contributed by atoms with Gasteiger partial charge in [-0.2, -0.15) is 0 Å². The molecular weight excluding hydrogens is 302 g/mol. The van der Waals surface area contributed by atoms with Crippen LogP contribution < -0.4 is 16.0 Å². The molecule has 0 unspecified atom stereocenters. The maximum atomic E-state index is 12.1. The molecule has 0 bridgehead atoms. The molecule has 126 valence electrons. The molecular formula is C19H23N3O2. The SMILES string of the molecule is CCNC(=O)c1cccc(NC(=O)CNc2cccc(C)c2C)c1. The molecule has 2 amide bonds. The third-order valence-corrected chi connectivity index (χ3v) is 3.79. The minimum absolute atomic E-state index is 0.151. The van der Waals surface area contributed by atoms with Gasteiger partial charge in [0.15, 0.2) is 0 Å². The Kier molecular flexibility index (Phi) is 5.95. The maximum Gasteiger partial charge on any atom is 0.251 e. The van der Waals surface area contributed by atoms with E-state index >= 15 is 0 Å². The minimum atomic E-state index is -0.163. The largest absolute Gasteiger partial charge is 0.376 e. The Bertz CT molecular complexity index is 741. The van der Waals surface area contributed by atoms with Crippen LogP contribution in [-0.2, 0) is 4.79 Å². The molecule has 5 nitrogen and oxygen atoms in total. The molecule has 0 saturated carbocycles. The highest BCUT2D eigenvalue weighted by molar-refractivity contribution is 5.98. The van der Waals surface area contributed by atoms with Crippen LogP contribution in [0, 0.1) is 13.8 Å². The van der Waals surface area contributed by atoms with E-state index in [9.17, 15) is 9.59 Å². The van der Waals surface area contributed by atoms with Gasteiger partial charge in [0.2, 0.25) is 5.91 Å². The summed E-state index contributed by atoms with van der Waals surface area (Å²) in [6.45, 7) is 6.64. The number of aryl methyl sites for hydroxylation is 1. The Morgan fingerprint density at radius 2 is 1.79 bits per heavy atom. The fraction of sp³-hybridized carbons (Fsp3) is 0.263. The number of benzene rings is 2. The molecule has 0 saturated heterocycles. The van der Waals surface area contributed by atoms with E-state index in [1.54, 1.807) is 24.3 Å². The van der Waals surface area contributed by atoms with Gasteiger partial charge in [-0.05, 0) is 56.2 Å². The van der Waals surface area contributed by atoms with Crippen LogP contribution in [0.3, 0.4) is 0 Å². The molecule has 0 aliphatic heterocycles. The van der Waals surface area contributed by atoms with Crippen LogP contribution in [0.5, 0.6) is 0 Å². The lowest BCUT2D eigenvalue weighted by atomic mass is 10.1. The number of hydrogen-bond donors (Lipinski definition) is 3. The molecule has 2 aromatic rings. The third-order valence-electron chi connectivity index (χ3n) is 3.79. The number of carbonyl (C=O) groups is 2. The van der Waals surface area contributed by atoms with E-state index in [1.807, 2.05) is 39.0 Å². The van der Waals surface area contributed by atoms with Crippen LogP contribution in [0.4, 0.5) is 11.4 Å². The topological polar surface area (TPSA) is 70.2 Å². The number of rotatable bonds is 6. The van der Waals surface area contributed by atoms with Crippen molar-refractivity contribution in [1.29, 1.82) is 0 Å². The summed E-state index contributed by atoms with van der Waals surface area (Å²) in [7, 11) is 0. The van der Waals surface area contributed by atoms with E-state index in [0.29, 0.717) is 17.8 Å². The monoisotopic (exact) mass is 325 g/mol. The van der Waals surface area contributed by atoms with E-state index in [-0.39, 0.29) is 18.4 Å². The third kappa shape index (κ3) is 4.59. The van der Waals surface area contributed by atoms with E-state index < -0.39 is 0 Å². The highest BCUT2D eigenvalue weighted by Gasteiger charge is 2.08. The van der Waals surface area contributed by atoms with Gasteiger partial charge in [0.25, 0.3) is 5.91 Å². The summed E-state index contributed by atoms with van der Waals surface area (Å²) in [6.07, 6.45) is 0. The predicted octanol–water partition coefficient (Wildman–Crippen LogP) is 3.10. The first-order valence-corrected chi connectivity index (χ1v) is 7.99. The smallest absolute Gasteiger partial charge is 0.251 e. The van der Waals surface area contributed by atoms with Gasteiger partial charge in [-0.3, -0.25) is 9.59 Å². The molecule has 3 N–H and O–H groups in total. The Balaban J connectivity index is 1.96. The normalized spacial score (nSPS) is 10.1. The van der Waals surface area contributed by atoms with Crippen molar-refractivity contribution in [3.8, 4) is 0 Å². The quantitative estimate of drug-likeness (QED) is 0.764. The van der Waals surface area contributed by atoms with Gasteiger partial charge in [-0.1, -0.05) is 18.2 Å². The molecule has 0 aliphatic carbocycles. The summed E-state index contributed by atoms with van der Waals surface area (Å²) in [5.74, 6) is -0.314. The summed E-state index contributed by atoms with van der Waals surface area (Å²) in [6, 6.07) is 12.8. The Morgan fingerprint density at radius 3 is 2.54 bits per heavy atom. The molecule has 0 atom stereocenters.